The highest BCUT2D eigenvalue weighted by Crippen LogP contribution is 2.25. The normalized spacial score (nSPS) is 19.8. The highest BCUT2D eigenvalue weighted by Gasteiger charge is 2.34. The number of nitrogen functional groups attached to an aromatic ring is 1. The summed E-state index contributed by atoms with van der Waals surface area (Å²) in [5, 5.41) is 14.8. The molecule has 4 bridgehead atoms. The maximum Gasteiger partial charge on any atom is 0.239 e. The third-order valence-corrected chi connectivity index (χ3v) is 8.56. The number of carbonyl (C=O) groups is 3. The van der Waals surface area contributed by atoms with Crippen LogP contribution in [0.3, 0.4) is 0 Å². The van der Waals surface area contributed by atoms with Gasteiger partial charge in [0.05, 0.1) is 31.0 Å². The first-order valence-electron chi connectivity index (χ1n) is 15.0. The lowest BCUT2D eigenvalue weighted by Crippen LogP contribution is -2.58. The third kappa shape index (κ3) is 8.77. The van der Waals surface area contributed by atoms with Gasteiger partial charge in [-0.15, -0.1) is 11.3 Å². The Bertz CT molecular complexity index is 1430. The molecule has 2 atom stereocenters. The van der Waals surface area contributed by atoms with E-state index in [0.717, 1.165) is 16.8 Å². The number of aryl methyl sites for hydroxylation is 2. The number of thiazole rings is 1. The number of fused-ring (bicyclic) bond motifs is 9. The van der Waals surface area contributed by atoms with Crippen molar-refractivity contribution in [3.63, 3.8) is 0 Å². The van der Waals surface area contributed by atoms with E-state index in [0.29, 0.717) is 55.5 Å². The molecule has 0 unspecified atom stereocenters. The van der Waals surface area contributed by atoms with Crippen LogP contribution < -0.4 is 15.8 Å². The van der Waals surface area contributed by atoms with Crippen LogP contribution in [0.2, 0.25) is 0 Å². The maximum absolute atomic E-state index is 13.4. The number of rotatable bonds is 6. The summed E-state index contributed by atoms with van der Waals surface area (Å²) in [6, 6.07) is 14.8. The molecule has 0 radical (unpaired) electrons. The van der Waals surface area contributed by atoms with Gasteiger partial charge in [-0.1, -0.05) is 24.3 Å². The average Bonchev–Trinajstić information content (AvgIpc) is 3.45. The number of ether oxygens (including phenoxy) is 2. The van der Waals surface area contributed by atoms with E-state index >= 15 is 0 Å². The highest BCUT2D eigenvalue weighted by atomic mass is 32.1. The first-order valence-corrected chi connectivity index (χ1v) is 15.9. The average molecular weight is 622 g/mol. The lowest BCUT2D eigenvalue weighted by molar-refractivity contribution is -0.139. The predicted molar refractivity (Wildman–Crippen MR) is 166 cm³/mol. The maximum atomic E-state index is 13.4. The quantitative estimate of drug-likeness (QED) is 0.381. The van der Waals surface area contributed by atoms with Crippen LogP contribution in [0.1, 0.15) is 42.5 Å². The Morgan fingerprint density at radius 3 is 2.73 bits per heavy atom. The second-order valence-corrected chi connectivity index (χ2v) is 12.0. The summed E-state index contributed by atoms with van der Waals surface area (Å²) in [5.41, 5.74) is 8.41. The molecular formula is C32H39N5O6S. The number of nitrogens with zero attached hydrogens (tertiary/aromatic N) is 3. The Morgan fingerprint density at radius 2 is 1.95 bits per heavy atom. The molecule has 0 aliphatic carbocycles. The van der Waals surface area contributed by atoms with Crippen LogP contribution in [0.15, 0.2) is 53.9 Å². The van der Waals surface area contributed by atoms with E-state index in [-0.39, 0.29) is 62.9 Å². The summed E-state index contributed by atoms with van der Waals surface area (Å²) < 4.78 is 12.4. The van der Waals surface area contributed by atoms with Gasteiger partial charge in [-0.05, 0) is 61.1 Å². The summed E-state index contributed by atoms with van der Waals surface area (Å²) in [4.78, 5) is 47.2. The molecule has 44 heavy (non-hydrogen) atoms. The first kappa shape index (κ1) is 31.4. The zero-order chi connectivity index (χ0) is 30.9. The molecule has 6 rings (SSSR count). The van der Waals surface area contributed by atoms with Crippen molar-refractivity contribution in [2.24, 2.45) is 0 Å². The number of nitrogens with one attached hydrogen (secondary N) is 1. The molecular weight excluding hydrogens is 582 g/mol. The number of likely N-dealkylation sites (tertiary alicyclic amines) is 1. The van der Waals surface area contributed by atoms with Crippen molar-refractivity contribution < 1.29 is 29.0 Å². The van der Waals surface area contributed by atoms with Gasteiger partial charge in [0.1, 0.15) is 11.5 Å². The SMILES string of the molecule is Nc1nc(CCC(=O)N2CC[C@@H]3OCc4cccc(c4)Oc4ccc(cc4)CCC(=O)N(CCCO)CC(=O)N[C@H]3C2)cs1. The van der Waals surface area contributed by atoms with Crippen LogP contribution >= 0.6 is 11.3 Å². The smallest absolute Gasteiger partial charge is 0.239 e. The van der Waals surface area contributed by atoms with Crippen molar-refractivity contribution in [3.05, 3.63) is 70.7 Å². The van der Waals surface area contributed by atoms with Gasteiger partial charge in [0.15, 0.2) is 5.13 Å². The van der Waals surface area contributed by atoms with Gasteiger partial charge in [0, 0.05) is 44.5 Å². The van der Waals surface area contributed by atoms with Gasteiger partial charge in [-0.2, -0.15) is 0 Å². The number of aliphatic hydroxyl groups is 1. The molecule has 4 heterocycles. The number of piperidine rings is 1. The standard InChI is InChI=1S/C32H39N5O6S/c33-32-34-24(21-44-32)8-12-31(41)37-15-13-28-27(18-37)35-29(39)19-36(14-2-16-38)30(40)11-7-22-5-9-25(10-6-22)43-26-4-1-3-23(17-26)20-42-28/h1,3-6,9-10,17,21,27-28,38H,2,7-8,11-16,18-20H2,(H2,33,34)(H,35,39)/t27-,28-/m0/s1. The van der Waals surface area contributed by atoms with Crippen LogP contribution in [-0.4, -0.2) is 82.5 Å². The lowest BCUT2D eigenvalue weighted by atomic mass is 10.0. The summed E-state index contributed by atoms with van der Waals surface area (Å²) in [6.45, 7) is 1.12. The molecule has 3 amide bonds. The zero-order valence-electron chi connectivity index (χ0n) is 24.7. The molecule has 12 heteroatoms. The van der Waals surface area contributed by atoms with E-state index in [2.05, 4.69) is 10.3 Å². The van der Waals surface area contributed by atoms with E-state index in [1.54, 1.807) is 4.90 Å². The van der Waals surface area contributed by atoms with Gasteiger partial charge in [-0.3, -0.25) is 14.4 Å². The number of amides is 3. The summed E-state index contributed by atoms with van der Waals surface area (Å²) >= 11 is 1.35. The highest BCUT2D eigenvalue weighted by molar-refractivity contribution is 7.13. The van der Waals surface area contributed by atoms with Crippen molar-refractivity contribution in [3.8, 4) is 11.5 Å². The van der Waals surface area contributed by atoms with Crippen molar-refractivity contribution >= 4 is 34.2 Å². The number of hydrogen-bond acceptors (Lipinski definition) is 9. The minimum absolute atomic E-state index is 0.0313. The summed E-state index contributed by atoms with van der Waals surface area (Å²) in [5.74, 6) is 0.833. The molecule has 0 spiro atoms. The molecule has 1 aromatic heterocycles. The Labute approximate surface area is 261 Å². The van der Waals surface area contributed by atoms with Crippen molar-refractivity contribution in [1.29, 1.82) is 0 Å². The summed E-state index contributed by atoms with van der Waals surface area (Å²) in [6.07, 6.45) is 2.07. The van der Waals surface area contributed by atoms with E-state index in [1.165, 1.54) is 16.2 Å². The third-order valence-electron chi connectivity index (χ3n) is 7.84. The Hall–Kier alpha value is -4.00. The number of anilines is 1. The molecule has 4 N–H and O–H groups in total. The van der Waals surface area contributed by atoms with Gasteiger partial charge in [-0.25, -0.2) is 4.98 Å². The fourth-order valence-electron chi connectivity index (χ4n) is 5.48. The van der Waals surface area contributed by atoms with E-state index in [4.69, 9.17) is 15.2 Å². The van der Waals surface area contributed by atoms with Crippen molar-refractivity contribution in [1.82, 2.24) is 20.1 Å². The van der Waals surface area contributed by atoms with Crippen molar-refractivity contribution in [2.45, 2.75) is 57.3 Å². The van der Waals surface area contributed by atoms with E-state index in [1.807, 2.05) is 53.9 Å². The number of nitrogens with two attached hydrogens (primary N) is 1. The van der Waals surface area contributed by atoms with Crippen LogP contribution in [0.5, 0.6) is 11.5 Å². The van der Waals surface area contributed by atoms with Gasteiger partial charge < -0.3 is 35.4 Å². The molecule has 2 aromatic carbocycles. The number of aromatic nitrogens is 1. The topological polar surface area (TPSA) is 147 Å². The number of hydrogen-bond donors (Lipinski definition) is 3. The molecule has 1 saturated heterocycles. The molecule has 0 saturated carbocycles. The molecule has 11 nitrogen and oxygen atoms in total. The second-order valence-electron chi connectivity index (χ2n) is 11.1. The monoisotopic (exact) mass is 621 g/mol. The number of benzene rings is 2. The first-order chi connectivity index (χ1) is 21.4. The Balaban J connectivity index is 1.33. The molecule has 1 fully saturated rings. The minimum atomic E-state index is -0.471. The van der Waals surface area contributed by atoms with Crippen LogP contribution in [0, 0.1) is 0 Å². The van der Waals surface area contributed by atoms with E-state index in [9.17, 15) is 19.5 Å². The van der Waals surface area contributed by atoms with Crippen molar-refractivity contribution in [2.75, 3.05) is 38.5 Å². The van der Waals surface area contributed by atoms with Gasteiger partial charge in [0.2, 0.25) is 17.7 Å². The van der Waals surface area contributed by atoms with Crippen LogP contribution in [0.4, 0.5) is 5.13 Å². The Kier molecular flexibility index (Phi) is 10.8. The molecule has 3 aliphatic heterocycles. The number of aliphatic hydroxyl groups excluding tert-OH is 1. The molecule has 234 valence electrons. The number of carbonyl (C=O) groups excluding carboxylic acids is 3. The van der Waals surface area contributed by atoms with Gasteiger partial charge in [0.25, 0.3) is 0 Å². The minimum Gasteiger partial charge on any atom is -0.457 e. The molecule has 3 aromatic rings. The Morgan fingerprint density at radius 1 is 1.11 bits per heavy atom. The lowest BCUT2D eigenvalue weighted by Gasteiger charge is -2.39. The van der Waals surface area contributed by atoms with Crippen LogP contribution in [-0.2, 0) is 38.6 Å². The second kappa shape index (κ2) is 15.1. The fourth-order valence-corrected chi connectivity index (χ4v) is 6.07. The summed E-state index contributed by atoms with van der Waals surface area (Å²) in [7, 11) is 0. The molecule has 3 aliphatic rings. The van der Waals surface area contributed by atoms with Crippen LogP contribution in [0.25, 0.3) is 0 Å². The fraction of sp³-hybridized carbons (Fsp3) is 0.438. The zero-order valence-corrected chi connectivity index (χ0v) is 25.5. The van der Waals surface area contributed by atoms with Gasteiger partial charge >= 0.3 is 0 Å². The van der Waals surface area contributed by atoms with E-state index < -0.39 is 6.04 Å². The predicted octanol–water partition coefficient (Wildman–Crippen LogP) is 2.91. The largest absolute Gasteiger partial charge is 0.457 e.